The SMILES string of the molecule is Cc1ccc(C(C)NC(=O)CN(c2cc(Cl)cc(Cl)c2)S(=O)(=O)c2ccc(C)cc2)cc1. The standard InChI is InChI=1S/C24H24Cl2N2O3S/c1-16-4-8-19(9-5-16)18(3)27-24(29)15-28(22-13-20(25)12-21(26)14-22)32(30,31)23-10-6-17(2)7-11-23/h4-14,18H,15H2,1-3H3,(H,27,29). The average molecular weight is 491 g/mol. The van der Waals surface area contributed by atoms with Crippen molar-refractivity contribution in [3.63, 3.8) is 0 Å². The molecular weight excluding hydrogens is 467 g/mol. The van der Waals surface area contributed by atoms with Crippen molar-refractivity contribution in [1.29, 1.82) is 0 Å². The minimum absolute atomic E-state index is 0.0681. The van der Waals surface area contributed by atoms with Gasteiger partial charge >= 0.3 is 0 Å². The number of sulfonamides is 1. The molecule has 0 spiro atoms. The lowest BCUT2D eigenvalue weighted by Crippen LogP contribution is -2.41. The number of nitrogens with zero attached hydrogens (tertiary/aromatic N) is 1. The third-order valence-electron chi connectivity index (χ3n) is 4.99. The first-order valence-corrected chi connectivity index (χ1v) is 12.2. The summed E-state index contributed by atoms with van der Waals surface area (Å²) in [4.78, 5) is 13.0. The van der Waals surface area contributed by atoms with Crippen LogP contribution in [-0.2, 0) is 14.8 Å². The van der Waals surface area contributed by atoms with Crippen LogP contribution in [0.2, 0.25) is 10.0 Å². The maximum Gasteiger partial charge on any atom is 0.264 e. The molecule has 0 heterocycles. The predicted molar refractivity (Wildman–Crippen MR) is 130 cm³/mol. The van der Waals surface area contributed by atoms with Gasteiger partial charge in [0.1, 0.15) is 6.54 Å². The Bertz CT molecular complexity index is 1190. The number of benzene rings is 3. The van der Waals surface area contributed by atoms with Crippen molar-refractivity contribution >= 4 is 44.8 Å². The number of nitrogens with one attached hydrogen (secondary N) is 1. The molecule has 3 rings (SSSR count). The number of halogens is 2. The molecule has 3 aromatic rings. The molecule has 1 N–H and O–H groups in total. The summed E-state index contributed by atoms with van der Waals surface area (Å²) >= 11 is 12.2. The van der Waals surface area contributed by atoms with Gasteiger partial charge in [0.25, 0.3) is 10.0 Å². The summed E-state index contributed by atoms with van der Waals surface area (Å²) in [7, 11) is -4.05. The van der Waals surface area contributed by atoms with E-state index in [0.717, 1.165) is 21.0 Å². The van der Waals surface area contributed by atoms with Crippen molar-refractivity contribution in [3.05, 3.63) is 93.5 Å². The van der Waals surface area contributed by atoms with Crippen molar-refractivity contribution in [3.8, 4) is 0 Å². The monoisotopic (exact) mass is 490 g/mol. The minimum Gasteiger partial charge on any atom is -0.348 e. The number of hydrogen-bond acceptors (Lipinski definition) is 3. The Kier molecular flexibility index (Phi) is 7.49. The Balaban J connectivity index is 1.92. The molecule has 0 saturated carbocycles. The van der Waals surface area contributed by atoms with Crippen LogP contribution >= 0.6 is 23.2 Å². The molecule has 5 nitrogen and oxygen atoms in total. The quantitative estimate of drug-likeness (QED) is 0.462. The van der Waals surface area contributed by atoms with Crippen LogP contribution in [0.15, 0.2) is 71.6 Å². The molecule has 0 aliphatic rings. The summed E-state index contributed by atoms with van der Waals surface area (Å²) < 4.78 is 27.9. The Hall–Kier alpha value is -2.54. The van der Waals surface area contributed by atoms with Gasteiger partial charge in [0.15, 0.2) is 0 Å². The smallest absolute Gasteiger partial charge is 0.264 e. The second-order valence-corrected chi connectivity index (χ2v) is 10.4. The van der Waals surface area contributed by atoms with Crippen LogP contribution in [0, 0.1) is 13.8 Å². The van der Waals surface area contributed by atoms with Gasteiger partial charge in [0.2, 0.25) is 5.91 Å². The second-order valence-electron chi connectivity index (χ2n) is 7.65. The molecule has 1 atom stereocenters. The lowest BCUT2D eigenvalue weighted by molar-refractivity contribution is -0.120. The van der Waals surface area contributed by atoms with Crippen molar-refractivity contribution < 1.29 is 13.2 Å². The van der Waals surface area contributed by atoms with E-state index in [1.54, 1.807) is 12.1 Å². The van der Waals surface area contributed by atoms with Gasteiger partial charge < -0.3 is 5.32 Å². The van der Waals surface area contributed by atoms with Crippen molar-refractivity contribution in [2.45, 2.75) is 31.7 Å². The van der Waals surface area contributed by atoms with Crippen molar-refractivity contribution in [2.75, 3.05) is 10.8 Å². The van der Waals surface area contributed by atoms with Gasteiger partial charge in [-0.05, 0) is 56.7 Å². The molecule has 0 fully saturated rings. The third kappa shape index (κ3) is 5.82. The van der Waals surface area contributed by atoms with Crippen LogP contribution in [0.3, 0.4) is 0 Å². The number of rotatable bonds is 7. The molecule has 0 radical (unpaired) electrons. The topological polar surface area (TPSA) is 66.5 Å². The number of anilines is 1. The maximum atomic E-state index is 13.5. The molecule has 3 aromatic carbocycles. The molecule has 168 valence electrons. The highest BCUT2D eigenvalue weighted by Gasteiger charge is 2.28. The molecule has 8 heteroatoms. The zero-order valence-corrected chi connectivity index (χ0v) is 20.3. The average Bonchev–Trinajstić information content (AvgIpc) is 2.72. The first-order chi connectivity index (χ1) is 15.1. The first kappa shape index (κ1) is 24.1. The molecule has 1 unspecified atom stereocenters. The highest BCUT2D eigenvalue weighted by Crippen LogP contribution is 2.30. The molecule has 1 amide bonds. The number of carbonyl (C=O) groups is 1. The number of hydrogen-bond donors (Lipinski definition) is 1. The predicted octanol–water partition coefficient (Wildman–Crippen LogP) is 5.68. The third-order valence-corrected chi connectivity index (χ3v) is 7.21. The van der Waals surface area contributed by atoms with E-state index in [4.69, 9.17) is 23.2 Å². The molecule has 32 heavy (non-hydrogen) atoms. The van der Waals surface area contributed by atoms with E-state index >= 15 is 0 Å². The van der Waals surface area contributed by atoms with Crippen molar-refractivity contribution in [1.82, 2.24) is 5.32 Å². The highest BCUT2D eigenvalue weighted by atomic mass is 35.5. The molecule has 0 bridgehead atoms. The summed E-state index contributed by atoms with van der Waals surface area (Å²) in [5, 5.41) is 3.40. The van der Waals surface area contributed by atoms with Gasteiger partial charge in [0.05, 0.1) is 16.6 Å². The maximum absolute atomic E-state index is 13.5. The summed E-state index contributed by atoms with van der Waals surface area (Å²) in [5.41, 5.74) is 3.16. The fourth-order valence-electron chi connectivity index (χ4n) is 3.19. The van der Waals surface area contributed by atoms with E-state index in [-0.39, 0.29) is 26.7 Å². The molecule has 0 saturated heterocycles. The summed E-state index contributed by atoms with van der Waals surface area (Å²) in [5.74, 6) is -0.454. The Morgan fingerprint density at radius 3 is 1.94 bits per heavy atom. The van der Waals surface area contributed by atoms with Gasteiger partial charge in [-0.2, -0.15) is 0 Å². The van der Waals surface area contributed by atoms with E-state index in [0.29, 0.717) is 0 Å². The molecular formula is C24H24Cl2N2O3S. The van der Waals surface area contributed by atoms with Crippen LogP contribution in [0.5, 0.6) is 0 Å². The Morgan fingerprint density at radius 2 is 1.41 bits per heavy atom. The van der Waals surface area contributed by atoms with Gasteiger partial charge in [-0.1, -0.05) is 70.7 Å². The molecule has 0 aromatic heterocycles. The minimum atomic E-state index is -4.05. The first-order valence-electron chi connectivity index (χ1n) is 9.97. The number of aryl methyl sites for hydroxylation is 2. The fourth-order valence-corrected chi connectivity index (χ4v) is 5.11. The second kappa shape index (κ2) is 9.94. The Labute approximate surface area is 199 Å². The van der Waals surface area contributed by atoms with Crippen LogP contribution in [0.4, 0.5) is 5.69 Å². The molecule has 0 aliphatic heterocycles. The lowest BCUT2D eigenvalue weighted by atomic mass is 10.1. The summed E-state index contributed by atoms with van der Waals surface area (Å²) in [6.45, 7) is 5.27. The zero-order valence-electron chi connectivity index (χ0n) is 18.0. The lowest BCUT2D eigenvalue weighted by Gasteiger charge is -2.25. The molecule has 0 aliphatic carbocycles. The van der Waals surface area contributed by atoms with Crippen molar-refractivity contribution in [2.24, 2.45) is 0 Å². The van der Waals surface area contributed by atoms with E-state index in [1.807, 2.05) is 45.0 Å². The van der Waals surface area contributed by atoms with E-state index in [9.17, 15) is 13.2 Å². The largest absolute Gasteiger partial charge is 0.348 e. The summed E-state index contributed by atoms with van der Waals surface area (Å²) in [6, 6.07) is 18.3. The van der Waals surface area contributed by atoms with Crippen LogP contribution < -0.4 is 9.62 Å². The van der Waals surface area contributed by atoms with Gasteiger partial charge in [-0.25, -0.2) is 8.42 Å². The number of amides is 1. The summed E-state index contributed by atoms with van der Waals surface area (Å²) in [6.07, 6.45) is 0. The van der Waals surface area contributed by atoms with Gasteiger partial charge in [-0.15, -0.1) is 0 Å². The van der Waals surface area contributed by atoms with Crippen LogP contribution in [0.1, 0.15) is 29.7 Å². The van der Waals surface area contributed by atoms with Crippen LogP contribution in [-0.4, -0.2) is 20.9 Å². The number of carbonyl (C=O) groups excluding carboxylic acids is 1. The van der Waals surface area contributed by atoms with Crippen LogP contribution in [0.25, 0.3) is 0 Å². The zero-order chi connectivity index (χ0) is 23.5. The van der Waals surface area contributed by atoms with Gasteiger partial charge in [0, 0.05) is 10.0 Å². The van der Waals surface area contributed by atoms with E-state index in [2.05, 4.69) is 5.32 Å². The highest BCUT2D eigenvalue weighted by molar-refractivity contribution is 7.92. The van der Waals surface area contributed by atoms with E-state index in [1.165, 1.54) is 30.3 Å². The van der Waals surface area contributed by atoms with Gasteiger partial charge in [-0.3, -0.25) is 9.10 Å². The fraction of sp³-hybridized carbons (Fsp3) is 0.208. The van der Waals surface area contributed by atoms with E-state index < -0.39 is 22.5 Å². The normalized spacial score (nSPS) is 12.3. The Morgan fingerprint density at radius 1 is 0.906 bits per heavy atom.